The van der Waals surface area contributed by atoms with E-state index in [0.29, 0.717) is 12.8 Å². The van der Waals surface area contributed by atoms with E-state index < -0.39 is 11.0 Å². The number of fused-ring (bicyclic) bond motifs is 1. The highest BCUT2D eigenvalue weighted by atomic mass is 32.2. The lowest BCUT2D eigenvalue weighted by Gasteiger charge is -2.30. The lowest BCUT2D eigenvalue weighted by molar-refractivity contribution is -0.120. The zero-order valence-electron chi connectivity index (χ0n) is 25.9. The van der Waals surface area contributed by atoms with Crippen LogP contribution in [0.15, 0.2) is 47.6 Å². The number of nitrogens with zero attached hydrogens (tertiary/aromatic N) is 3. The second kappa shape index (κ2) is 17.4. The zero-order chi connectivity index (χ0) is 30.4. The molecule has 1 fully saturated rings. The smallest absolute Gasteiger partial charge is 0.219 e. The Morgan fingerprint density at radius 3 is 2.47 bits per heavy atom. The van der Waals surface area contributed by atoms with Gasteiger partial charge in [-0.25, -0.2) is 13.0 Å². The molecule has 1 saturated heterocycles. The van der Waals surface area contributed by atoms with Crippen LogP contribution in [0.25, 0.3) is 16.6 Å². The van der Waals surface area contributed by atoms with Crippen LogP contribution in [-0.4, -0.2) is 63.2 Å². The molecule has 0 spiro atoms. The number of pyridine rings is 1. The highest BCUT2D eigenvalue weighted by Gasteiger charge is 2.25. The van der Waals surface area contributed by atoms with Crippen LogP contribution in [0, 0.1) is 0 Å². The van der Waals surface area contributed by atoms with Crippen molar-refractivity contribution >= 4 is 28.7 Å². The molecule has 1 aliphatic rings. The van der Waals surface area contributed by atoms with Crippen LogP contribution in [0.3, 0.4) is 0 Å². The van der Waals surface area contributed by atoms with Gasteiger partial charge in [0, 0.05) is 51.3 Å². The number of piperidine rings is 1. The highest BCUT2D eigenvalue weighted by molar-refractivity contribution is 7.82. The summed E-state index contributed by atoms with van der Waals surface area (Å²) in [6.07, 6.45) is 17.9. The summed E-state index contributed by atoms with van der Waals surface area (Å²) in [5.74, 6) is 0.139. The molecule has 1 aliphatic heterocycles. The number of nitrogens with one attached hydrogen (secondary N) is 1. The van der Waals surface area contributed by atoms with E-state index in [4.69, 9.17) is 4.74 Å². The Morgan fingerprint density at radius 1 is 1.05 bits per heavy atom. The Bertz CT molecular complexity index is 1350. The molecular weight excluding hydrogens is 560 g/mol. The number of aldehydes is 1. The van der Waals surface area contributed by atoms with E-state index >= 15 is 0 Å². The number of unbranched alkanes of at least 4 members (excludes halogenated alkanes) is 7. The van der Waals surface area contributed by atoms with Gasteiger partial charge in [0.25, 0.3) is 0 Å². The summed E-state index contributed by atoms with van der Waals surface area (Å²) in [6, 6.07) is 10.5. The molecule has 1 aromatic carbocycles. The van der Waals surface area contributed by atoms with E-state index in [1.54, 1.807) is 17.8 Å². The number of rotatable bonds is 18. The Morgan fingerprint density at radius 2 is 1.77 bits per heavy atom. The standard InChI is InChI=1S/C34H48N4O4S/c1-3-34(40)35-19-11-9-7-5-4-6-8-10-12-27-13-14-31(28-15-22-38-32(25-28)29(18-23-39)26-36-38)33(24-27)43(41)37-20-16-30(42-2)17-21-37/h13-15,22-26,30H,3-12,16-21H2,1-2H3,(H,35,40). The van der Waals surface area contributed by atoms with Gasteiger partial charge in [-0.2, -0.15) is 5.10 Å². The number of aryl methyl sites for hydroxylation is 1. The van der Waals surface area contributed by atoms with E-state index in [9.17, 15) is 13.8 Å². The molecule has 3 aromatic rings. The van der Waals surface area contributed by atoms with Gasteiger partial charge in [0.2, 0.25) is 5.91 Å². The SMILES string of the molecule is CCC(=O)NCCCCCCCCCCc1ccc(-c2ccn3ncc(CC=O)c3c2)c(S(=O)N2CCC(OC)CC2)c1. The minimum absolute atomic E-state index is 0.139. The van der Waals surface area contributed by atoms with Crippen molar-refractivity contribution < 1.29 is 18.5 Å². The topological polar surface area (TPSA) is 93.0 Å². The van der Waals surface area contributed by atoms with Crippen LogP contribution in [-0.2, 0) is 38.2 Å². The number of aromatic nitrogens is 2. The molecule has 0 bridgehead atoms. The zero-order valence-corrected chi connectivity index (χ0v) is 26.7. The van der Waals surface area contributed by atoms with Crippen molar-refractivity contribution in [1.82, 2.24) is 19.2 Å². The predicted octanol–water partition coefficient (Wildman–Crippen LogP) is 6.07. The van der Waals surface area contributed by atoms with Gasteiger partial charge < -0.3 is 14.8 Å². The lowest BCUT2D eigenvalue weighted by Crippen LogP contribution is -2.37. The summed E-state index contributed by atoms with van der Waals surface area (Å²) in [4.78, 5) is 23.4. The molecule has 4 rings (SSSR count). The van der Waals surface area contributed by atoms with Crippen molar-refractivity contribution in [1.29, 1.82) is 0 Å². The fraction of sp³-hybridized carbons (Fsp3) is 0.559. The minimum atomic E-state index is -1.28. The predicted molar refractivity (Wildman–Crippen MR) is 172 cm³/mol. The van der Waals surface area contributed by atoms with Crippen molar-refractivity contribution in [3.63, 3.8) is 0 Å². The summed E-state index contributed by atoms with van der Waals surface area (Å²) in [7, 11) is 0.467. The first kappa shape index (κ1) is 33.0. The van der Waals surface area contributed by atoms with Crippen LogP contribution in [0.1, 0.15) is 88.7 Å². The second-order valence-electron chi connectivity index (χ2n) is 11.5. The quantitative estimate of drug-likeness (QED) is 0.140. The van der Waals surface area contributed by atoms with Gasteiger partial charge in [0.05, 0.1) is 22.7 Å². The Kier molecular flexibility index (Phi) is 13.4. The van der Waals surface area contributed by atoms with Crippen molar-refractivity contribution in [2.45, 2.75) is 101 Å². The molecule has 1 N–H and O–H groups in total. The molecule has 3 heterocycles. The van der Waals surface area contributed by atoms with Gasteiger partial charge in [-0.3, -0.25) is 4.79 Å². The van der Waals surface area contributed by atoms with E-state index in [0.717, 1.165) is 85.1 Å². The molecule has 1 atom stereocenters. The van der Waals surface area contributed by atoms with Crippen molar-refractivity contribution in [2.75, 3.05) is 26.7 Å². The lowest BCUT2D eigenvalue weighted by atomic mass is 10.00. The average molecular weight is 609 g/mol. The van der Waals surface area contributed by atoms with Crippen molar-refractivity contribution in [2.24, 2.45) is 0 Å². The largest absolute Gasteiger partial charge is 0.381 e. The third-order valence-corrected chi connectivity index (χ3v) is 10.0. The summed E-state index contributed by atoms with van der Waals surface area (Å²) in [5.41, 5.74) is 4.95. The maximum absolute atomic E-state index is 14.0. The average Bonchev–Trinajstić information content (AvgIpc) is 3.45. The maximum Gasteiger partial charge on any atom is 0.219 e. The number of methoxy groups -OCH3 is 1. The van der Waals surface area contributed by atoms with Gasteiger partial charge in [-0.05, 0) is 67.0 Å². The third kappa shape index (κ3) is 9.55. The summed E-state index contributed by atoms with van der Waals surface area (Å²) in [5, 5.41) is 7.33. The highest BCUT2D eigenvalue weighted by Crippen LogP contribution is 2.32. The molecule has 9 heteroatoms. The number of carbonyl (C=O) groups is 2. The van der Waals surface area contributed by atoms with E-state index in [1.807, 2.05) is 19.2 Å². The molecule has 1 unspecified atom stereocenters. The second-order valence-corrected chi connectivity index (χ2v) is 13.0. The number of benzene rings is 1. The molecule has 43 heavy (non-hydrogen) atoms. The summed E-state index contributed by atoms with van der Waals surface area (Å²) < 4.78 is 23.4. The van der Waals surface area contributed by atoms with Gasteiger partial charge in [-0.1, -0.05) is 57.6 Å². The van der Waals surface area contributed by atoms with Gasteiger partial charge in [0.1, 0.15) is 17.3 Å². The van der Waals surface area contributed by atoms with Gasteiger partial charge in [0.15, 0.2) is 0 Å². The number of hydrogen-bond donors (Lipinski definition) is 1. The first-order chi connectivity index (χ1) is 21.0. The molecule has 234 valence electrons. The number of carbonyl (C=O) groups excluding carboxylic acids is 2. The molecule has 1 amide bonds. The summed E-state index contributed by atoms with van der Waals surface area (Å²) in [6.45, 7) is 4.16. The molecule has 0 aliphatic carbocycles. The Labute approximate surface area is 259 Å². The van der Waals surface area contributed by atoms with E-state index in [1.165, 1.54) is 44.1 Å². The third-order valence-electron chi connectivity index (χ3n) is 8.45. The first-order valence-electron chi connectivity index (χ1n) is 16.0. The van der Waals surface area contributed by atoms with Gasteiger partial charge >= 0.3 is 0 Å². The molecular formula is C34H48N4O4S. The monoisotopic (exact) mass is 608 g/mol. The minimum Gasteiger partial charge on any atom is -0.381 e. The Balaban J connectivity index is 1.37. The normalized spacial score (nSPS) is 15.1. The number of amides is 1. The number of hydrogen-bond acceptors (Lipinski definition) is 5. The van der Waals surface area contributed by atoms with E-state index in [-0.39, 0.29) is 12.0 Å². The van der Waals surface area contributed by atoms with Crippen LogP contribution in [0.5, 0.6) is 0 Å². The summed E-state index contributed by atoms with van der Waals surface area (Å²) >= 11 is 0. The Hall–Kier alpha value is -2.88. The van der Waals surface area contributed by atoms with Crippen LogP contribution < -0.4 is 5.32 Å². The van der Waals surface area contributed by atoms with Crippen LogP contribution in [0.2, 0.25) is 0 Å². The fourth-order valence-corrected chi connectivity index (χ4v) is 7.24. The molecule has 0 saturated carbocycles. The van der Waals surface area contributed by atoms with Crippen molar-refractivity contribution in [3.8, 4) is 11.1 Å². The fourth-order valence-electron chi connectivity index (χ4n) is 5.79. The van der Waals surface area contributed by atoms with E-state index in [2.05, 4.69) is 39.0 Å². The maximum atomic E-state index is 14.0. The van der Waals surface area contributed by atoms with Crippen molar-refractivity contribution in [3.05, 3.63) is 53.9 Å². The van der Waals surface area contributed by atoms with Crippen LogP contribution in [0.4, 0.5) is 0 Å². The first-order valence-corrected chi connectivity index (χ1v) is 17.1. The number of ether oxygens (including phenoxy) is 1. The molecule has 8 nitrogen and oxygen atoms in total. The molecule has 0 radical (unpaired) electrons. The van der Waals surface area contributed by atoms with Gasteiger partial charge in [-0.15, -0.1) is 0 Å². The molecule has 2 aromatic heterocycles. The van der Waals surface area contributed by atoms with Crippen LogP contribution >= 0.6 is 0 Å².